The van der Waals surface area contributed by atoms with Crippen molar-refractivity contribution in [2.45, 2.75) is 10.9 Å². The fraction of sp³-hybridized carbons (Fsp3) is 0.286. The van der Waals surface area contributed by atoms with E-state index in [4.69, 9.17) is 0 Å². The molecule has 0 radical (unpaired) electrons. The normalized spacial score (nSPS) is 12.7. The van der Waals surface area contributed by atoms with Gasteiger partial charge in [0.15, 0.2) is 11.2 Å². The minimum Gasteiger partial charge on any atom is -0.314 e. The molecule has 0 spiro atoms. The molecule has 0 saturated carbocycles. The van der Waals surface area contributed by atoms with Gasteiger partial charge in [0.2, 0.25) is 5.16 Å². The first-order chi connectivity index (χ1) is 10.9. The van der Waals surface area contributed by atoms with Gasteiger partial charge < -0.3 is 4.57 Å². The molecular formula is C14H15N5O3S. The first-order valence-corrected chi connectivity index (χ1v) is 8.13. The molecule has 1 unspecified atom stereocenters. The SMILES string of the molecule is Cn1c(=O)c2c(nc(S(=O)Cc3ccncc3)n2C)n(C)c1=O. The monoisotopic (exact) mass is 333 g/mol. The Labute approximate surface area is 133 Å². The molecule has 0 amide bonds. The predicted octanol–water partition coefficient (Wildman–Crippen LogP) is -0.327. The van der Waals surface area contributed by atoms with Gasteiger partial charge in [0.05, 0.1) is 16.6 Å². The van der Waals surface area contributed by atoms with Gasteiger partial charge in [-0.1, -0.05) is 0 Å². The molecule has 0 aromatic carbocycles. The highest BCUT2D eigenvalue weighted by molar-refractivity contribution is 7.84. The predicted molar refractivity (Wildman–Crippen MR) is 85.5 cm³/mol. The molecule has 3 aromatic heterocycles. The van der Waals surface area contributed by atoms with Crippen molar-refractivity contribution in [2.24, 2.45) is 21.1 Å². The molecule has 0 aliphatic rings. The summed E-state index contributed by atoms with van der Waals surface area (Å²) < 4.78 is 16.4. The summed E-state index contributed by atoms with van der Waals surface area (Å²) in [6.45, 7) is 0. The van der Waals surface area contributed by atoms with Crippen LogP contribution < -0.4 is 11.2 Å². The Kier molecular flexibility index (Phi) is 3.72. The number of nitrogens with zero attached hydrogens (tertiary/aromatic N) is 5. The fourth-order valence-electron chi connectivity index (χ4n) is 2.40. The summed E-state index contributed by atoms with van der Waals surface area (Å²) in [6.07, 6.45) is 3.25. The molecule has 3 aromatic rings. The van der Waals surface area contributed by atoms with Crippen LogP contribution in [0.2, 0.25) is 0 Å². The first-order valence-electron chi connectivity index (χ1n) is 6.81. The van der Waals surface area contributed by atoms with E-state index in [9.17, 15) is 13.8 Å². The van der Waals surface area contributed by atoms with Gasteiger partial charge in [-0.25, -0.2) is 9.78 Å². The van der Waals surface area contributed by atoms with E-state index in [1.807, 2.05) is 0 Å². The number of imidazole rings is 1. The summed E-state index contributed by atoms with van der Waals surface area (Å²) in [7, 11) is 3.12. The van der Waals surface area contributed by atoms with Gasteiger partial charge >= 0.3 is 5.69 Å². The van der Waals surface area contributed by atoms with Crippen molar-refractivity contribution in [2.75, 3.05) is 0 Å². The highest BCUT2D eigenvalue weighted by atomic mass is 32.2. The maximum Gasteiger partial charge on any atom is 0.332 e. The molecule has 0 fully saturated rings. The van der Waals surface area contributed by atoms with E-state index < -0.39 is 22.0 Å². The number of hydrogen-bond donors (Lipinski definition) is 0. The fourth-order valence-corrected chi connectivity index (χ4v) is 3.61. The molecule has 23 heavy (non-hydrogen) atoms. The van der Waals surface area contributed by atoms with Crippen molar-refractivity contribution >= 4 is 22.0 Å². The molecule has 0 saturated heterocycles. The third kappa shape index (κ3) is 2.42. The van der Waals surface area contributed by atoms with Crippen LogP contribution in [-0.4, -0.2) is 27.9 Å². The molecule has 1 atom stereocenters. The second-order valence-electron chi connectivity index (χ2n) is 5.18. The Morgan fingerprint density at radius 2 is 1.70 bits per heavy atom. The highest BCUT2D eigenvalue weighted by Gasteiger charge is 2.20. The molecule has 3 rings (SSSR count). The highest BCUT2D eigenvalue weighted by Crippen LogP contribution is 2.15. The van der Waals surface area contributed by atoms with E-state index in [2.05, 4.69) is 9.97 Å². The topological polar surface area (TPSA) is 91.8 Å². The Bertz CT molecular complexity index is 1030. The lowest BCUT2D eigenvalue weighted by molar-refractivity contribution is 0.666. The zero-order valence-electron chi connectivity index (χ0n) is 12.9. The van der Waals surface area contributed by atoms with Crippen LogP contribution in [0.3, 0.4) is 0 Å². The molecule has 0 aliphatic carbocycles. The smallest absolute Gasteiger partial charge is 0.314 e. The van der Waals surface area contributed by atoms with E-state index in [0.29, 0.717) is 0 Å². The second-order valence-corrected chi connectivity index (χ2v) is 6.52. The summed E-state index contributed by atoms with van der Waals surface area (Å²) in [5, 5.41) is 0.259. The average Bonchev–Trinajstić information content (AvgIpc) is 2.89. The summed E-state index contributed by atoms with van der Waals surface area (Å²) >= 11 is 0. The quantitative estimate of drug-likeness (QED) is 0.655. The lowest BCUT2D eigenvalue weighted by atomic mass is 10.3. The zero-order chi connectivity index (χ0) is 16.7. The Morgan fingerprint density at radius 1 is 1.04 bits per heavy atom. The molecule has 9 heteroatoms. The number of aryl methyl sites for hydroxylation is 2. The van der Waals surface area contributed by atoms with Crippen molar-refractivity contribution < 1.29 is 4.21 Å². The maximum absolute atomic E-state index is 12.6. The minimum absolute atomic E-state index is 0.235. The second kappa shape index (κ2) is 5.58. The summed E-state index contributed by atoms with van der Waals surface area (Å²) in [5.74, 6) is 0.258. The number of hydrogen-bond acceptors (Lipinski definition) is 5. The van der Waals surface area contributed by atoms with Crippen LogP contribution >= 0.6 is 0 Å². The number of rotatable bonds is 3. The number of fused-ring (bicyclic) bond motifs is 1. The van der Waals surface area contributed by atoms with Gasteiger partial charge in [-0.15, -0.1) is 0 Å². The van der Waals surface area contributed by atoms with Crippen LogP contribution in [0, 0.1) is 0 Å². The van der Waals surface area contributed by atoms with Crippen LogP contribution in [0.5, 0.6) is 0 Å². The van der Waals surface area contributed by atoms with Crippen molar-refractivity contribution in [1.29, 1.82) is 0 Å². The summed E-state index contributed by atoms with van der Waals surface area (Å²) in [4.78, 5) is 32.5. The number of pyridine rings is 1. The maximum atomic E-state index is 12.6. The lowest BCUT2D eigenvalue weighted by Gasteiger charge is -2.04. The van der Waals surface area contributed by atoms with Crippen molar-refractivity contribution in [3.63, 3.8) is 0 Å². The van der Waals surface area contributed by atoms with Crippen molar-refractivity contribution in [3.8, 4) is 0 Å². The summed E-state index contributed by atoms with van der Waals surface area (Å²) in [5.41, 5.74) is 0.427. The Hall–Kier alpha value is -2.55. The largest absolute Gasteiger partial charge is 0.332 e. The molecule has 3 heterocycles. The standard InChI is InChI=1S/C14H15N5O3S/c1-17-10-11(18(2)14(21)19(3)12(10)20)16-13(17)23(22)8-9-4-6-15-7-5-9/h4-7H,8H2,1-3H3. The van der Waals surface area contributed by atoms with E-state index >= 15 is 0 Å². The van der Waals surface area contributed by atoms with Crippen molar-refractivity contribution in [3.05, 3.63) is 50.9 Å². The van der Waals surface area contributed by atoms with Gasteiger partial charge in [-0.05, 0) is 17.7 Å². The van der Waals surface area contributed by atoms with Crippen LogP contribution in [0.25, 0.3) is 11.2 Å². The molecule has 0 N–H and O–H groups in total. The third-order valence-electron chi connectivity index (χ3n) is 3.69. The molecule has 8 nitrogen and oxygen atoms in total. The average molecular weight is 333 g/mol. The molecule has 0 aliphatic heterocycles. The van der Waals surface area contributed by atoms with Crippen molar-refractivity contribution in [1.82, 2.24) is 23.7 Å². The summed E-state index contributed by atoms with van der Waals surface area (Å²) in [6, 6.07) is 3.55. The third-order valence-corrected chi connectivity index (χ3v) is 5.05. The van der Waals surface area contributed by atoms with E-state index in [1.54, 1.807) is 31.6 Å². The molecular weight excluding hydrogens is 318 g/mol. The lowest BCUT2D eigenvalue weighted by Crippen LogP contribution is -2.37. The van der Waals surface area contributed by atoms with Gasteiger partial charge in [-0.2, -0.15) is 0 Å². The zero-order valence-corrected chi connectivity index (χ0v) is 13.7. The Morgan fingerprint density at radius 3 is 2.35 bits per heavy atom. The van der Waals surface area contributed by atoms with E-state index in [-0.39, 0.29) is 22.1 Å². The molecule has 120 valence electrons. The van der Waals surface area contributed by atoms with Crippen LogP contribution in [-0.2, 0) is 37.7 Å². The molecule has 0 bridgehead atoms. The first kappa shape index (κ1) is 15.3. The van der Waals surface area contributed by atoms with Gasteiger partial charge in [0.25, 0.3) is 5.56 Å². The van der Waals surface area contributed by atoms with Crippen LogP contribution in [0.4, 0.5) is 0 Å². The van der Waals surface area contributed by atoms with Crippen LogP contribution in [0.1, 0.15) is 5.56 Å². The Balaban J connectivity index is 2.17. The van der Waals surface area contributed by atoms with E-state index in [0.717, 1.165) is 10.1 Å². The van der Waals surface area contributed by atoms with Gasteiger partial charge in [0.1, 0.15) is 0 Å². The number of aromatic nitrogens is 5. The van der Waals surface area contributed by atoms with Crippen LogP contribution in [0.15, 0.2) is 39.3 Å². The van der Waals surface area contributed by atoms with Gasteiger partial charge in [-0.3, -0.25) is 23.1 Å². The minimum atomic E-state index is -1.45. The van der Waals surface area contributed by atoms with E-state index in [1.165, 1.54) is 23.2 Å². The van der Waals surface area contributed by atoms with Gasteiger partial charge in [0, 0.05) is 33.5 Å².